The van der Waals surface area contributed by atoms with Crippen molar-refractivity contribution in [3.05, 3.63) is 64.0 Å². The summed E-state index contributed by atoms with van der Waals surface area (Å²) in [7, 11) is 0. The van der Waals surface area contributed by atoms with E-state index in [-0.39, 0.29) is 5.95 Å². The van der Waals surface area contributed by atoms with Crippen LogP contribution in [-0.4, -0.2) is 6.61 Å². The second-order valence-electron chi connectivity index (χ2n) is 4.54. The Labute approximate surface area is 126 Å². The molecule has 4 heteroatoms. The van der Waals surface area contributed by atoms with Gasteiger partial charge in [-0.1, -0.05) is 41.9 Å². The highest BCUT2D eigenvalue weighted by Crippen LogP contribution is 2.36. The molecule has 0 unspecified atom stereocenters. The van der Waals surface area contributed by atoms with E-state index in [2.05, 4.69) is 0 Å². The second kappa shape index (κ2) is 5.62. The van der Waals surface area contributed by atoms with Crippen LogP contribution in [0.4, 0.5) is 0 Å². The first-order valence-corrected chi connectivity index (χ1v) is 7.03. The summed E-state index contributed by atoms with van der Waals surface area (Å²) < 4.78 is 10.8. The van der Waals surface area contributed by atoms with Crippen molar-refractivity contribution in [1.82, 2.24) is 0 Å². The van der Waals surface area contributed by atoms with Crippen molar-refractivity contribution in [3.63, 3.8) is 0 Å². The van der Waals surface area contributed by atoms with E-state index in [1.807, 2.05) is 37.3 Å². The molecule has 0 aliphatic carbocycles. The molecule has 106 valence electrons. The maximum Gasteiger partial charge on any atom is 0.346 e. The van der Waals surface area contributed by atoms with Crippen molar-refractivity contribution in [2.24, 2.45) is 0 Å². The maximum atomic E-state index is 12.1. The van der Waals surface area contributed by atoms with Gasteiger partial charge in [-0.2, -0.15) is 0 Å². The Morgan fingerprint density at radius 2 is 1.86 bits per heavy atom. The summed E-state index contributed by atoms with van der Waals surface area (Å²) in [5, 5.41) is 1.93. The lowest BCUT2D eigenvalue weighted by molar-refractivity contribution is 0.247. The van der Waals surface area contributed by atoms with E-state index in [1.54, 1.807) is 18.2 Å². The zero-order valence-corrected chi connectivity index (χ0v) is 12.2. The van der Waals surface area contributed by atoms with Gasteiger partial charge in [0.15, 0.2) is 0 Å². The summed E-state index contributed by atoms with van der Waals surface area (Å²) in [6.07, 6.45) is 0. The molecule has 1 aromatic heterocycles. The van der Waals surface area contributed by atoms with E-state index < -0.39 is 5.63 Å². The number of fused-ring (bicyclic) bond motifs is 1. The van der Waals surface area contributed by atoms with E-state index >= 15 is 0 Å². The Morgan fingerprint density at radius 1 is 1.10 bits per heavy atom. The van der Waals surface area contributed by atoms with Crippen molar-refractivity contribution in [2.45, 2.75) is 6.92 Å². The van der Waals surface area contributed by atoms with Crippen molar-refractivity contribution < 1.29 is 9.15 Å². The van der Waals surface area contributed by atoms with Gasteiger partial charge in [0.25, 0.3) is 5.95 Å². The quantitative estimate of drug-likeness (QED) is 0.714. The lowest BCUT2D eigenvalue weighted by atomic mass is 10.0. The molecule has 1 heterocycles. The topological polar surface area (TPSA) is 39.4 Å². The van der Waals surface area contributed by atoms with Gasteiger partial charge in [0.1, 0.15) is 0 Å². The number of hydrogen-bond acceptors (Lipinski definition) is 3. The van der Waals surface area contributed by atoms with E-state index in [0.717, 1.165) is 16.5 Å². The van der Waals surface area contributed by atoms with Crippen molar-refractivity contribution in [3.8, 4) is 17.1 Å². The third kappa shape index (κ3) is 2.52. The molecule has 0 aliphatic rings. The smallest absolute Gasteiger partial charge is 0.346 e. The molecule has 0 fully saturated rings. The fourth-order valence-corrected chi connectivity index (χ4v) is 2.52. The van der Waals surface area contributed by atoms with Gasteiger partial charge in [-0.25, -0.2) is 4.79 Å². The highest BCUT2D eigenvalue weighted by atomic mass is 35.5. The SMILES string of the molecule is CCOc1oc(=O)c2ccccc2c1-c1cccc(Cl)c1. The predicted octanol–water partition coefficient (Wildman–Crippen LogP) is 4.51. The molecule has 0 saturated carbocycles. The summed E-state index contributed by atoms with van der Waals surface area (Å²) in [4.78, 5) is 12.1. The summed E-state index contributed by atoms with van der Waals surface area (Å²) in [5.41, 5.74) is 1.19. The van der Waals surface area contributed by atoms with Gasteiger partial charge in [-0.15, -0.1) is 0 Å². The van der Waals surface area contributed by atoms with Gasteiger partial charge >= 0.3 is 5.63 Å². The Morgan fingerprint density at radius 3 is 2.57 bits per heavy atom. The molecular formula is C17H13ClO3. The average molecular weight is 301 g/mol. The van der Waals surface area contributed by atoms with Gasteiger partial charge in [-0.05, 0) is 30.7 Å². The minimum atomic E-state index is -0.403. The van der Waals surface area contributed by atoms with E-state index in [1.165, 1.54) is 0 Å². The first-order chi connectivity index (χ1) is 10.2. The first-order valence-electron chi connectivity index (χ1n) is 6.65. The van der Waals surface area contributed by atoms with Crippen LogP contribution in [0.25, 0.3) is 21.9 Å². The fraction of sp³-hybridized carbons (Fsp3) is 0.118. The molecule has 0 atom stereocenters. The van der Waals surface area contributed by atoms with E-state index in [9.17, 15) is 4.79 Å². The molecule has 3 rings (SSSR count). The van der Waals surface area contributed by atoms with Crippen LogP contribution in [0.3, 0.4) is 0 Å². The van der Waals surface area contributed by atoms with E-state index in [0.29, 0.717) is 17.0 Å². The third-order valence-corrected chi connectivity index (χ3v) is 3.43. The largest absolute Gasteiger partial charge is 0.465 e. The van der Waals surface area contributed by atoms with Crippen molar-refractivity contribution >= 4 is 22.4 Å². The van der Waals surface area contributed by atoms with Crippen LogP contribution < -0.4 is 10.4 Å². The lowest BCUT2D eigenvalue weighted by Gasteiger charge is -2.11. The third-order valence-electron chi connectivity index (χ3n) is 3.19. The van der Waals surface area contributed by atoms with Gasteiger partial charge in [-0.3, -0.25) is 0 Å². The Balaban J connectivity index is 2.40. The zero-order valence-electron chi connectivity index (χ0n) is 11.4. The summed E-state index contributed by atoms with van der Waals surface area (Å²) >= 11 is 6.07. The minimum absolute atomic E-state index is 0.225. The van der Waals surface area contributed by atoms with Crippen molar-refractivity contribution in [2.75, 3.05) is 6.61 Å². The molecule has 0 radical (unpaired) electrons. The fourth-order valence-electron chi connectivity index (χ4n) is 2.33. The number of rotatable bonds is 3. The van der Waals surface area contributed by atoms with Crippen LogP contribution >= 0.6 is 11.6 Å². The van der Waals surface area contributed by atoms with Crippen LogP contribution in [0, 0.1) is 0 Å². The number of halogens is 1. The molecule has 0 aliphatic heterocycles. The van der Waals surface area contributed by atoms with Crippen LogP contribution in [0.5, 0.6) is 5.95 Å². The van der Waals surface area contributed by atoms with Gasteiger partial charge < -0.3 is 9.15 Å². The highest BCUT2D eigenvalue weighted by molar-refractivity contribution is 6.30. The maximum absolute atomic E-state index is 12.1. The standard InChI is InChI=1S/C17H13ClO3/c1-2-20-17-15(11-6-5-7-12(18)10-11)13-8-3-4-9-14(13)16(19)21-17/h3-10H,2H2,1H3. The molecule has 0 amide bonds. The minimum Gasteiger partial charge on any atom is -0.465 e. The Kier molecular flexibility index (Phi) is 3.67. The molecule has 2 aromatic carbocycles. The summed E-state index contributed by atoms with van der Waals surface area (Å²) in [6.45, 7) is 2.26. The van der Waals surface area contributed by atoms with Gasteiger partial charge in [0, 0.05) is 10.4 Å². The highest BCUT2D eigenvalue weighted by Gasteiger charge is 2.16. The summed E-state index contributed by atoms with van der Waals surface area (Å²) in [5.74, 6) is 0.225. The normalized spacial score (nSPS) is 10.8. The molecule has 0 N–H and O–H groups in total. The average Bonchev–Trinajstić information content (AvgIpc) is 2.48. The Hall–Kier alpha value is -2.26. The number of benzene rings is 2. The molecule has 3 aromatic rings. The van der Waals surface area contributed by atoms with Crippen LogP contribution in [0.2, 0.25) is 5.02 Å². The lowest BCUT2D eigenvalue weighted by Crippen LogP contribution is -2.04. The molecule has 0 spiro atoms. The molecule has 3 nitrogen and oxygen atoms in total. The van der Waals surface area contributed by atoms with Gasteiger partial charge in [0.2, 0.25) is 0 Å². The van der Waals surface area contributed by atoms with Crippen LogP contribution in [0.1, 0.15) is 6.92 Å². The zero-order chi connectivity index (χ0) is 14.8. The van der Waals surface area contributed by atoms with E-state index in [4.69, 9.17) is 20.8 Å². The number of ether oxygens (including phenoxy) is 1. The monoisotopic (exact) mass is 300 g/mol. The molecule has 21 heavy (non-hydrogen) atoms. The Bertz CT molecular complexity index is 852. The van der Waals surface area contributed by atoms with Crippen LogP contribution in [0.15, 0.2) is 57.7 Å². The number of hydrogen-bond donors (Lipinski definition) is 0. The summed E-state index contributed by atoms with van der Waals surface area (Å²) in [6, 6.07) is 14.7. The van der Waals surface area contributed by atoms with Gasteiger partial charge in [0.05, 0.1) is 17.6 Å². The molecule has 0 bridgehead atoms. The first kappa shape index (κ1) is 13.7. The predicted molar refractivity (Wildman–Crippen MR) is 84.1 cm³/mol. The van der Waals surface area contributed by atoms with Crippen molar-refractivity contribution in [1.29, 1.82) is 0 Å². The molecule has 0 saturated heterocycles. The van der Waals surface area contributed by atoms with Crippen LogP contribution in [-0.2, 0) is 0 Å². The molecular weight excluding hydrogens is 288 g/mol. The second-order valence-corrected chi connectivity index (χ2v) is 4.98.